The van der Waals surface area contributed by atoms with Crippen molar-refractivity contribution in [2.75, 3.05) is 13.1 Å². The number of rotatable bonds is 5. The standard InChI is InChI=1S/C23H28N4O4S/c1-16-7-12-21(18-5-3-2-4-6-18)32(30,31)27(16)13-17-8-10-19(11-9-17)22(28)25-20-14-26(15-20)23(24)29/h2-6,8-11,16,20-21H,7,12-15H2,1H3,(H2,24,29)(H,25,28)/t16-,21?/m0/s1. The third-order valence-corrected chi connectivity index (χ3v) is 8.65. The molecule has 2 saturated heterocycles. The smallest absolute Gasteiger partial charge is 0.314 e. The van der Waals surface area contributed by atoms with Crippen LogP contribution in [-0.4, -0.2) is 54.7 Å². The molecule has 8 nitrogen and oxygen atoms in total. The van der Waals surface area contributed by atoms with Crippen LogP contribution >= 0.6 is 0 Å². The maximum Gasteiger partial charge on any atom is 0.314 e. The molecule has 0 saturated carbocycles. The summed E-state index contributed by atoms with van der Waals surface area (Å²) in [4.78, 5) is 24.9. The molecule has 4 rings (SSSR count). The topological polar surface area (TPSA) is 113 Å². The number of hydrogen-bond acceptors (Lipinski definition) is 4. The largest absolute Gasteiger partial charge is 0.351 e. The van der Waals surface area contributed by atoms with Gasteiger partial charge >= 0.3 is 6.03 Å². The monoisotopic (exact) mass is 456 g/mol. The zero-order chi connectivity index (χ0) is 22.9. The first-order chi connectivity index (χ1) is 15.3. The first-order valence-corrected chi connectivity index (χ1v) is 12.3. The summed E-state index contributed by atoms with van der Waals surface area (Å²) in [7, 11) is -3.50. The molecule has 2 aliphatic rings. The molecule has 0 aliphatic carbocycles. The third-order valence-electron chi connectivity index (χ3n) is 6.28. The van der Waals surface area contributed by atoms with Crippen molar-refractivity contribution in [2.45, 2.75) is 43.6 Å². The minimum absolute atomic E-state index is 0.0882. The Morgan fingerprint density at radius 1 is 1.03 bits per heavy atom. The Bertz CT molecular complexity index is 1080. The van der Waals surface area contributed by atoms with Gasteiger partial charge in [0.1, 0.15) is 5.25 Å². The fourth-order valence-electron chi connectivity index (χ4n) is 4.31. The van der Waals surface area contributed by atoms with Crippen LogP contribution in [0.1, 0.15) is 46.5 Å². The number of benzene rings is 2. The van der Waals surface area contributed by atoms with Gasteiger partial charge in [0.2, 0.25) is 10.0 Å². The fraction of sp³-hybridized carbons (Fsp3) is 0.391. The van der Waals surface area contributed by atoms with Gasteiger partial charge in [-0.05, 0) is 43.0 Å². The molecule has 2 heterocycles. The molecule has 2 aromatic rings. The third kappa shape index (κ3) is 4.49. The number of nitrogens with zero attached hydrogens (tertiary/aromatic N) is 2. The van der Waals surface area contributed by atoms with E-state index < -0.39 is 21.3 Å². The summed E-state index contributed by atoms with van der Waals surface area (Å²) in [6.07, 6.45) is 1.40. The SMILES string of the molecule is C[C@H]1CCC(c2ccccc2)S(=O)(=O)N1Cc1ccc(C(=O)NC2CN(C(N)=O)C2)cc1. The van der Waals surface area contributed by atoms with Crippen molar-refractivity contribution in [2.24, 2.45) is 5.73 Å². The second-order valence-corrected chi connectivity index (χ2v) is 10.6. The van der Waals surface area contributed by atoms with Crippen molar-refractivity contribution in [1.82, 2.24) is 14.5 Å². The molecule has 32 heavy (non-hydrogen) atoms. The van der Waals surface area contributed by atoms with E-state index in [2.05, 4.69) is 5.32 Å². The number of hydrogen-bond donors (Lipinski definition) is 2. The molecule has 3 amide bonds. The minimum Gasteiger partial charge on any atom is -0.351 e. The van der Waals surface area contributed by atoms with Gasteiger partial charge in [-0.15, -0.1) is 0 Å². The number of amides is 3. The first kappa shape index (κ1) is 22.3. The molecular formula is C23H28N4O4S. The predicted molar refractivity (Wildman–Crippen MR) is 121 cm³/mol. The Morgan fingerprint density at radius 3 is 2.31 bits per heavy atom. The van der Waals surface area contributed by atoms with E-state index in [0.29, 0.717) is 25.1 Å². The molecule has 2 aliphatic heterocycles. The lowest BCUT2D eigenvalue weighted by Crippen LogP contribution is -2.62. The summed E-state index contributed by atoms with van der Waals surface area (Å²) >= 11 is 0. The number of likely N-dealkylation sites (tertiary alicyclic amines) is 1. The molecule has 2 fully saturated rings. The van der Waals surface area contributed by atoms with Crippen LogP contribution in [0.15, 0.2) is 54.6 Å². The van der Waals surface area contributed by atoms with Gasteiger partial charge < -0.3 is 16.0 Å². The van der Waals surface area contributed by atoms with Gasteiger partial charge in [-0.1, -0.05) is 42.5 Å². The normalized spacial score (nSPS) is 23.3. The quantitative estimate of drug-likeness (QED) is 0.718. The van der Waals surface area contributed by atoms with E-state index in [1.165, 1.54) is 4.90 Å². The highest BCUT2D eigenvalue weighted by atomic mass is 32.2. The van der Waals surface area contributed by atoms with Crippen molar-refractivity contribution in [3.63, 3.8) is 0 Å². The number of nitrogens with two attached hydrogens (primary N) is 1. The van der Waals surface area contributed by atoms with E-state index in [4.69, 9.17) is 5.73 Å². The van der Waals surface area contributed by atoms with Crippen LogP contribution in [0.5, 0.6) is 0 Å². The van der Waals surface area contributed by atoms with Crippen molar-refractivity contribution in [1.29, 1.82) is 0 Å². The van der Waals surface area contributed by atoms with Gasteiger partial charge in [0.05, 0.1) is 6.04 Å². The Morgan fingerprint density at radius 2 is 1.69 bits per heavy atom. The van der Waals surface area contributed by atoms with Crippen LogP contribution < -0.4 is 11.1 Å². The Kier molecular flexibility index (Phi) is 6.21. The number of sulfonamides is 1. The Labute approximate surface area is 188 Å². The van der Waals surface area contributed by atoms with Gasteiger partial charge in [0.25, 0.3) is 5.91 Å². The fourth-order valence-corrected chi connectivity index (χ4v) is 6.51. The number of urea groups is 1. The van der Waals surface area contributed by atoms with Crippen LogP contribution in [0, 0.1) is 0 Å². The summed E-state index contributed by atoms with van der Waals surface area (Å²) < 4.78 is 28.3. The minimum atomic E-state index is -3.50. The molecule has 3 N–H and O–H groups in total. The van der Waals surface area contributed by atoms with Gasteiger partial charge in [-0.2, -0.15) is 4.31 Å². The molecule has 9 heteroatoms. The molecule has 0 spiro atoms. The summed E-state index contributed by atoms with van der Waals surface area (Å²) in [5.41, 5.74) is 7.33. The van der Waals surface area contributed by atoms with Crippen LogP contribution in [-0.2, 0) is 16.6 Å². The zero-order valence-corrected chi connectivity index (χ0v) is 18.8. The first-order valence-electron chi connectivity index (χ1n) is 10.8. The molecule has 0 aromatic heterocycles. The predicted octanol–water partition coefficient (Wildman–Crippen LogP) is 2.23. The lowest BCUT2D eigenvalue weighted by molar-refractivity contribution is 0.0861. The van der Waals surface area contributed by atoms with Crippen LogP contribution in [0.2, 0.25) is 0 Å². The van der Waals surface area contributed by atoms with Gasteiger partial charge in [-0.3, -0.25) is 4.79 Å². The highest BCUT2D eigenvalue weighted by Crippen LogP contribution is 2.38. The molecule has 0 radical (unpaired) electrons. The van der Waals surface area contributed by atoms with E-state index >= 15 is 0 Å². The average Bonchev–Trinajstić information content (AvgIpc) is 2.74. The molecule has 0 bridgehead atoms. The molecular weight excluding hydrogens is 428 g/mol. The zero-order valence-electron chi connectivity index (χ0n) is 18.0. The summed E-state index contributed by atoms with van der Waals surface area (Å²) in [5.74, 6) is -0.228. The average molecular weight is 457 g/mol. The van der Waals surface area contributed by atoms with Crippen molar-refractivity contribution in [3.8, 4) is 0 Å². The van der Waals surface area contributed by atoms with Crippen LogP contribution in [0.25, 0.3) is 0 Å². The van der Waals surface area contributed by atoms with Crippen molar-refractivity contribution in [3.05, 3.63) is 71.3 Å². The number of primary amides is 1. The van der Waals surface area contributed by atoms with Gasteiger partial charge in [-0.25, -0.2) is 13.2 Å². The number of nitrogens with one attached hydrogen (secondary N) is 1. The summed E-state index contributed by atoms with van der Waals surface area (Å²) in [6, 6.07) is 15.7. The second kappa shape index (κ2) is 8.91. The van der Waals surface area contributed by atoms with E-state index in [0.717, 1.165) is 17.5 Å². The summed E-state index contributed by atoms with van der Waals surface area (Å²) in [6.45, 7) is 3.03. The maximum atomic E-state index is 13.4. The lowest BCUT2D eigenvalue weighted by atomic mass is 10.0. The Balaban J connectivity index is 1.42. The number of carbonyl (C=O) groups is 2. The molecule has 2 atom stereocenters. The van der Waals surface area contributed by atoms with Crippen LogP contribution in [0.3, 0.4) is 0 Å². The summed E-state index contributed by atoms with van der Waals surface area (Å²) in [5, 5.41) is 2.33. The van der Waals surface area contributed by atoms with E-state index in [-0.39, 0.29) is 24.5 Å². The van der Waals surface area contributed by atoms with Gasteiger partial charge in [0.15, 0.2) is 0 Å². The highest BCUT2D eigenvalue weighted by molar-refractivity contribution is 7.89. The Hall–Kier alpha value is -2.91. The van der Waals surface area contributed by atoms with E-state index in [1.807, 2.05) is 37.3 Å². The van der Waals surface area contributed by atoms with Gasteiger partial charge in [0, 0.05) is 31.2 Å². The van der Waals surface area contributed by atoms with Crippen molar-refractivity contribution >= 4 is 22.0 Å². The molecule has 2 aromatic carbocycles. The lowest BCUT2D eigenvalue weighted by Gasteiger charge is -2.38. The molecule has 170 valence electrons. The van der Waals surface area contributed by atoms with Crippen molar-refractivity contribution < 1.29 is 18.0 Å². The van der Waals surface area contributed by atoms with Crippen LogP contribution in [0.4, 0.5) is 4.79 Å². The van der Waals surface area contributed by atoms with E-state index in [9.17, 15) is 18.0 Å². The second-order valence-electron chi connectivity index (χ2n) is 8.53. The highest BCUT2D eigenvalue weighted by Gasteiger charge is 2.40. The number of carbonyl (C=O) groups excluding carboxylic acids is 2. The van der Waals surface area contributed by atoms with E-state index in [1.54, 1.807) is 28.6 Å². The maximum absolute atomic E-state index is 13.4. The molecule has 1 unspecified atom stereocenters.